The zero-order chi connectivity index (χ0) is 13.2. The van der Waals surface area contributed by atoms with Crippen LogP contribution < -0.4 is 0 Å². The number of carboxylic acid groups (broad SMARTS) is 1. The summed E-state index contributed by atoms with van der Waals surface area (Å²) in [5.74, 6) is -1.29. The number of ether oxygens (including phenoxy) is 1. The molecule has 1 aliphatic heterocycles. The molecule has 0 bridgehead atoms. The largest absolute Gasteiger partial charge is 0.479 e. The van der Waals surface area contributed by atoms with Crippen LogP contribution in [0, 0.1) is 16.7 Å². The van der Waals surface area contributed by atoms with Crippen molar-refractivity contribution in [2.24, 2.45) is 5.41 Å². The molecule has 1 heterocycles. The molecule has 98 valence electrons. The molecule has 0 aromatic rings. The Bertz CT molecular complexity index is 395. The maximum atomic E-state index is 12.4. The van der Waals surface area contributed by atoms with E-state index in [-0.39, 0.29) is 19.1 Å². The third-order valence-corrected chi connectivity index (χ3v) is 3.71. The van der Waals surface area contributed by atoms with E-state index >= 15 is 0 Å². The van der Waals surface area contributed by atoms with E-state index in [1.807, 2.05) is 0 Å². The lowest BCUT2D eigenvalue weighted by Crippen LogP contribution is -2.52. The van der Waals surface area contributed by atoms with Gasteiger partial charge in [-0.3, -0.25) is 4.79 Å². The molecule has 18 heavy (non-hydrogen) atoms. The summed E-state index contributed by atoms with van der Waals surface area (Å²) in [5.41, 5.74) is -0.930. The molecule has 0 aromatic heterocycles. The van der Waals surface area contributed by atoms with Gasteiger partial charge in [-0.25, -0.2) is 4.79 Å². The van der Waals surface area contributed by atoms with Gasteiger partial charge in [0.1, 0.15) is 5.41 Å². The lowest BCUT2D eigenvalue weighted by molar-refractivity contribution is -0.161. The molecule has 1 N–H and O–H groups in total. The van der Waals surface area contributed by atoms with Crippen LogP contribution in [0.2, 0.25) is 0 Å². The van der Waals surface area contributed by atoms with Gasteiger partial charge >= 0.3 is 5.97 Å². The minimum atomic E-state index is -1.06. The summed E-state index contributed by atoms with van der Waals surface area (Å²) in [6, 6.07) is 2.14. The molecule has 0 spiro atoms. The molecular formula is C12H16N2O4. The van der Waals surface area contributed by atoms with E-state index in [1.54, 1.807) is 0 Å². The first-order valence-corrected chi connectivity index (χ1v) is 6.14. The number of hydrogen-bond donors (Lipinski definition) is 1. The van der Waals surface area contributed by atoms with Gasteiger partial charge in [-0.15, -0.1) is 0 Å². The lowest BCUT2D eigenvalue weighted by atomic mass is 9.86. The van der Waals surface area contributed by atoms with Gasteiger partial charge in [0, 0.05) is 6.54 Å². The Morgan fingerprint density at radius 3 is 2.61 bits per heavy atom. The first-order chi connectivity index (χ1) is 8.59. The molecule has 6 nitrogen and oxygen atoms in total. The number of carboxylic acids is 1. The number of nitriles is 1. The van der Waals surface area contributed by atoms with Crippen LogP contribution in [0.25, 0.3) is 0 Å². The number of nitrogens with zero attached hydrogens (tertiary/aromatic N) is 2. The van der Waals surface area contributed by atoms with Crippen LogP contribution in [0.3, 0.4) is 0 Å². The molecular weight excluding hydrogens is 236 g/mol. The van der Waals surface area contributed by atoms with Crippen molar-refractivity contribution in [2.45, 2.75) is 31.8 Å². The SMILES string of the molecule is N#CC1(C(=O)N2CCO[C@H](C(=O)O)C2)CCCC1. The quantitative estimate of drug-likeness (QED) is 0.767. The number of rotatable bonds is 2. The van der Waals surface area contributed by atoms with Gasteiger partial charge in [0.2, 0.25) is 5.91 Å². The lowest BCUT2D eigenvalue weighted by Gasteiger charge is -2.35. The van der Waals surface area contributed by atoms with Crippen molar-refractivity contribution in [1.82, 2.24) is 4.90 Å². The molecule has 1 saturated heterocycles. The van der Waals surface area contributed by atoms with Gasteiger partial charge in [0.05, 0.1) is 19.2 Å². The summed E-state index contributed by atoms with van der Waals surface area (Å²) < 4.78 is 5.07. The highest BCUT2D eigenvalue weighted by Gasteiger charge is 2.45. The van der Waals surface area contributed by atoms with Crippen molar-refractivity contribution in [1.29, 1.82) is 5.26 Å². The van der Waals surface area contributed by atoms with Gasteiger partial charge in [-0.05, 0) is 12.8 Å². The Hall–Kier alpha value is -1.61. The fourth-order valence-corrected chi connectivity index (χ4v) is 2.64. The average Bonchev–Trinajstić information content (AvgIpc) is 2.88. The predicted molar refractivity (Wildman–Crippen MR) is 60.5 cm³/mol. The van der Waals surface area contributed by atoms with Gasteiger partial charge in [-0.1, -0.05) is 12.8 Å². The molecule has 2 aliphatic rings. The topological polar surface area (TPSA) is 90.6 Å². The van der Waals surface area contributed by atoms with Crippen LogP contribution in [0.15, 0.2) is 0 Å². The maximum absolute atomic E-state index is 12.4. The first kappa shape index (κ1) is 12.8. The second kappa shape index (κ2) is 4.94. The predicted octanol–water partition coefficient (Wildman–Crippen LogP) is 0.382. The minimum Gasteiger partial charge on any atom is -0.479 e. The summed E-state index contributed by atoms with van der Waals surface area (Å²) >= 11 is 0. The zero-order valence-corrected chi connectivity index (χ0v) is 10.1. The highest BCUT2D eigenvalue weighted by Crippen LogP contribution is 2.39. The summed E-state index contributed by atoms with van der Waals surface area (Å²) in [4.78, 5) is 24.7. The molecule has 0 radical (unpaired) electrons. The van der Waals surface area contributed by atoms with Gasteiger partial charge in [-0.2, -0.15) is 5.26 Å². The number of morpholine rings is 1. The molecule has 1 amide bonds. The highest BCUT2D eigenvalue weighted by atomic mass is 16.5. The second-order valence-corrected chi connectivity index (χ2v) is 4.85. The van der Waals surface area contributed by atoms with Gasteiger partial charge in [0.15, 0.2) is 6.10 Å². The number of aliphatic carboxylic acids is 1. The smallest absolute Gasteiger partial charge is 0.334 e. The molecule has 2 rings (SSSR count). The molecule has 2 fully saturated rings. The molecule has 1 atom stereocenters. The summed E-state index contributed by atoms with van der Waals surface area (Å²) in [7, 11) is 0. The van der Waals surface area contributed by atoms with Crippen LogP contribution >= 0.6 is 0 Å². The Morgan fingerprint density at radius 2 is 2.06 bits per heavy atom. The first-order valence-electron chi connectivity index (χ1n) is 6.14. The normalized spacial score (nSPS) is 26.6. The standard InChI is InChI=1S/C12H16N2O4/c13-8-12(3-1-2-4-12)11(17)14-5-6-18-9(7-14)10(15)16/h9H,1-7H2,(H,15,16)/t9-/m0/s1. The van der Waals surface area contributed by atoms with Gasteiger partial charge < -0.3 is 14.7 Å². The third kappa shape index (κ3) is 2.18. The van der Waals surface area contributed by atoms with E-state index in [9.17, 15) is 14.9 Å². The fraction of sp³-hybridized carbons (Fsp3) is 0.750. The second-order valence-electron chi connectivity index (χ2n) is 4.85. The van der Waals surface area contributed by atoms with Crippen LogP contribution in [0.4, 0.5) is 0 Å². The Kier molecular flexibility index (Phi) is 3.53. The number of carbonyl (C=O) groups excluding carboxylic acids is 1. The fourth-order valence-electron chi connectivity index (χ4n) is 2.64. The van der Waals surface area contributed by atoms with E-state index in [2.05, 4.69) is 6.07 Å². The molecule has 1 aliphatic carbocycles. The third-order valence-electron chi connectivity index (χ3n) is 3.71. The van der Waals surface area contributed by atoms with E-state index in [4.69, 9.17) is 9.84 Å². The molecule has 6 heteroatoms. The van der Waals surface area contributed by atoms with Crippen molar-refractivity contribution < 1.29 is 19.4 Å². The number of hydrogen-bond acceptors (Lipinski definition) is 4. The maximum Gasteiger partial charge on any atom is 0.334 e. The number of amides is 1. The van der Waals surface area contributed by atoms with Crippen molar-refractivity contribution in [3.8, 4) is 6.07 Å². The van der Waals surface area contributed by atoms with Crippen molar-refractivity contribution >= 4 is 11.9 Å². The Balaban J connectivity index is 2.09. The minimum absolute atomic E-state index is 0.0393. The van der Waals surface area contributed by atoms with E-state index in [0.717, 1.165) is 12.8 Å². The van der Waals surface area contributed by atoms with Crippen molar-refractivity contribution in [3.63, 3.8) is 0 Å². The van der Waals surface area contributed by atoms with Crippen molar-refractivity contribution in [2.75, 3.05) is 19.7 Å². The van der Waals surface area contributed by atoms with Gasteiger partial charge in [0.25, 0.3) is 0 Å². The Labute approximate surface area is 105 Å². The zero-order valence-electron chi connectivity index (χ0n) is 10.1. The Morgan fingerprint density at radius 1 is 1.39 bits per heavy atom. The van der Waals surface area contributed by atoms with Crippen LogP contribution in [-0.2, 0) is 14.3 Å². The van der Waals surface area contributed by atoms with E-state index < -0.39 is 17.5 Å². The highest BCUT2D eigenvalue weighted by molar-refractivity contribution is 5.86. The van der Waals surface area contributed by atoms with Crippen molar-refractivity contribution in [3.05, 3.63) is 0 Å². The molecule has 0 aromatic carbocycles. The summed E-state index contributed by atoms with van der Waals surface area (Å²) in [6.07, 6.45) is 1.95. The van der Waals surface area contributed by atoms with Crippen LogP contribution in [0.1, 0.15) is 25.7 Å². The van der Waals surface area contributed by atoms with E-state index in [0.29, 0.717) is 19.4 Å². The average molecular weight is 252 g/mol. The number of carbonyl (C=O) groups is 2. The van der Waals surface area contributed by atoms with Crippen LogP contribution in [-0.4, -0.2) is 47.7 Å². The molecule has 0 unspecified atom stereocenters. The molecule has 1 saturated carbocycles. The monoisotopic (exact) mass is 252 g/mol. The summed E-state index contributed by atoms with van der Waals surface area (Å²) in [5, 5.41) is 18.1. The van der Waals surface area contributed by atoms with E-state index in [1.165, 1.54) is 4.90 Å². The van der Waals surface area contributed by atoms with Crippen LogP contribution in [0.5, 0.6) is 0 Å². The summed E-state index contributed by atoms with van der Waals surface area (Å²) in [6.45, 7) is 0.619.